The first-order valence-electron chi connectivity index (χ1n) is 6.51. The molecule has 3 rings (SSSR count). The van der Waals surface area contributed by atoms with Crippen LogP contribution in [0, 0.1) is 0 Å². The van der Waals surface area contributed by atoms with Crippen LogP contribution in [0.1, 0.15) is 30.4 Å². The van der Waals surface area contributed by atoms with E-state index in [1.165, 1.54) is 17.7 Å². The van der Waals surface area contributed by atoms with Crippen LogP contribution in [0.15, 0.2) is 36.4 Å². The van der Waals surface area contributed by atoms with Crippen molar-refractivity contribution < 1.29 is 13.2 Å². The van der Waals surface area contributed by atoms with Gasteiger partial charge in [-0.05, 0) is 43.5 Å². The standard InChI is InChI=1S/C15H16F3N/c1-11-9-14(7-2-8-19(14)10-11)12-3-5-13(6-4-12)15(16,17)18/h3-6H,1-2,7-10H2. The topological polar surface area (TPSA) is 3.24 Å². The zero-order chi connectivity index (χ0) is 13.7. The third kappa shape index (κ3) is 1.98. The van der Waals surface area contributed by atoms with E-state index in [2.05, 4.69) is 11.5 Å². The molecule has 0 bridgehead atoms. The van der Waals surface area contributed by atoms with Crippen LogP contribution in [0.25, 0.3) is 0 Å². The Morgan fingerprint density at radius 3 is 2.47 bits per heavy atom. The first kappa shape index (κ1) is 12.7. The first-order chi connectivity index (χ1) is 8.92. The van der Waals surface area contributed by atoms with Gasteiger partial charge in [0, 0.05) is 6.54 Å². The van der Waals surface area contributed by atoms with Crippen molar-refractivity contribution in [1.29, 1.82) is 0 Å². The Morgan fingerprint density at radius 1 is 1.16 bits per heavy atom. The van der Waals surface area contributed by atoms with Crippen LogP contribution in [0.2, 0.25) is 0 Å². The highest BCUT2D eigenvalue weighted by Gasteiger charge is 2.47. The number of hydrogen-bond acceptors (Lipinski definition) is 1. The van der Waals surface area contributed by atoms with Crippen LogP contribution in [0.5, 0.6) is 0 Å². The van der Waals surface area contributed by atoms with Gasteiger partial charge in [-0.1, -0.05) is 24.3 Å². The summed E-state index contributed by atoms with van der Waals surface area (Å²) in [7, 11) is 0. The number of benzene rings is 1. The van der Waals surface area contributed by atoms with E-state index in [9.17, 15) is 13.2 Å². The molecular weight excluding hydrogens is 251 g/mol. The summed E-state index contributed by atoms with van der Waals surface area (Å²) >= 11 is 0. The van der Waals surface area contributed by atoms with Crippen LogP contribution in [-0.4, -0.2) is 18.0 Å². The Kier molecular flexibility index (Phi) is 2.75. The molecule has 0 amide bonds. The van der Waals surface area contributed by atoms with Crippen molar-refractivity contribution in [3.8, 4) is 0 Å². The van der Waals surface area contributed by atoms with E-state index in [-0.39, 0.29) is 5.54 Å². The van der Waals surface area contributed by atoms with Crippen LogP contribution in [0.4, 0.5) is 13.2 Å². The van der Waals surface area contributed by atoms with E-state index in [0.717, 1.165) is 37.9 Å². The molecule has 0 radical (unpaired) electrons. The van der Waals surface area contributed by atoms with Gasteiger partial charge in [0.05, 0.1) is 11.1 Å². The molecule has 1 aromatic carbocycles. The van der Waals surface area contributed by atoms with Gasteiger partial charge >= 0.3 is 6.18 Å². The van der Waals surface area contributed by atoms with Crippen LogP contribution in [0.3, 0.4) is 0 Å². The summed E-state index contributed by atoms with van der Waals surface area (Å²) in [4.78, 5) is 2.36. The van der Waals surface area contributed by atoms with E-state index in [4.69, 9.17) is 0 Å². The minimum atomic E-state index is -4.26. The molecule has 0 aromatic heterocycles. The quantitative estimate of drug-likeness (QED) is 0.696. The molecule has 1 atom stereocenters. The van der Waals surface area contributed by atoms with Gasteiger partial charge in [0.1, 0.15) is 0 Å². The highest BCUT2D eigenvalue weighted by molar-refractivity contribution is 5.35. The van der Waals surface area contributed by atoms with E-state index < -0.39 is 11.7 Å². The molecular formula is C15H16F3N. The smallest absolute Gasteiger partial charge is 0.289 e. The molecule has 19 heavy (non-hydrogen) atoms. The third-order valence-corrected chi connectivity index (χ3v) is 4.33. The molecule has 1 unspecified atom stereocenters. The predicted octanol–water partition coefficient (Wildman–Crippen LogP) is 3.96. The minimum Gasteiger partial charge on any atom is -0.289 e. The summed E-state index contributed by atoms with van der Waals surface area (Å²) < 4.78 is 37.8. The second-order valence-electron chi connectivity index (χ2n) is 5.56. The monoisotopic (exact) mass is 267 g/mol. The van der Waals surface area contributed by atoms with Gasteiger partial charge in [-0.3, -0.25) is 4.90 Å². The van der Waals surface area contributed by atoms with Crippen molar-refractivity contribution in [3.05, 3.63) is 47.5 Å². The van der Waals surface area contributed by atoms with Crippen molar-refractivity contribution in [2.45, 2.75) is 31.0 Å². The van der Waals surface area contributed by atoms with Gasteiger partial charge in [-0.15, -0.1) is 0 Å². The first-order valence-corrected chi connectivity index (χ1v) is 6.51. The van der Waals surface area contributed by atoms with Gasteiger partial charge in [0.25, 0.3) is 0 Å². The van der Waals surface area contributed by atoms with Gasteiger partial charge < -0.3 is 0 Å². The molecule has 2 saturated heterocycles. The molecule has 4 heteroatoms. The minimum absolute atomic E-state index is 0.0960. The molecule has 0 N–H and O–H groups in total. The molecule has 2 heterocycles. The fourth-order valence-corrected chi connectivity index (χ4v) is 3.50. The highest BCUT2D eigenvalue weighted by Crippen LogP contribution is 2.48. The summed E-state index contributed by atoms with van der Waals surface area (Å²) in [5, 5.41) is 0. The zero-order valence-corrected chi connectivity index (χ0v) is 10.6. The molecule has 2 fully saturated rings. The summed E-state index contributed by atoms with van der Waals surface area (Å²) in [6, 6.07) is 5.67. The largest absolute Gasteiger partial charge is 0.416 e. The average molecular weight is 267 g/mol. The molecule has 0 aliphatic carbocycles. The Morgan fingerprint density at radius 2 is 1.84 bits per heavy atom. The fraction of sp³-hybridized carbons (Fsp3) is 0.467. The number of hydrogen-bond donors (Lipinski definition) is 0. The van der Waals surface area contributed by atoms with E-state index in [1.807, 2.05) is 0 Å². The van der Waals surface area contributed by atoms with Gasteiger partial charge in [-0.25, -0.2) is 0 Å². The lowest BCUT2D eigenvalue weighted by Crippen LogP contribution is -2.35. The normalized spacial score (nSPS) is 27.8. The Balaban J connectivity index is 1.96. The second kappa shape index (κ2) is 4.10. The number of halogens is 3. The molecule has 1 nitrogen and oxygen atoms in total. The van der Waals surface area contributed by atoms with Crippen LogP contribution < -0.4 is 0 Å². The summed E-state index contributed by atoms with van der Waals surface area (Å²) in [6.45, 7) is 5.93. The maximum absolute atomic E-state index is 12.6. The summed E-state index contributed by atoms with van der Waals surface area (Å²) in [5.74, 6) is 0. The third-order valence-electron chi connectivity index (χ3n) is 4.33. The van der Waals surface area contributed by atoms with E-state index in [0.29, 0.717) is 0 Å². The van der Waals surface area contributed by atoms with Gasteiger partial charge in [0.2, 0.25) is 0 Å². The van der Waals surface area contributed by atoms with E-state index >= 15 is 0 Å². The van der Waals surface area contributed by atoms with Crippen LogP contribution in [-0.2, 0) is 11.7 Å². The van der Waals surface area contributed by atoms with Crippen molar-refractivity contribution in [2.24, 2.45) is 0 Å². The van der Waals surface area contributed by atoms with Crippen LogP contribution >= 0.6 is 0 Å². The second-order valence-corrected chi connectivity index (χ2v) is 5.56. The number of fused-ring (bicyclic) bond motifs is 1. The molecule has 2 aliphatic heterocycles. The molecule has 2 aliphatic rings. The molecule has 1 aromatic rings. The van der Waals surface area contributed by atoms with Crippen molar-refractivity contribution in [1.82, 2.24) is 4.90 Å². The SMILES string of the molecule is C=C1CN2CCCC2(c2ccc(C(F)(F)F)cc2)C1. The maximum Gasteiger partial charge on any atom is 0.416 e. The number of nitrogens with zero attached hydrogens (tertiary/aromatic N) is 1. The molecule has 0 saturated carbocycles. The lowest BCUT2D eigenvalue weighted by molar-refractivity contribution is -0.137. The lowest BCUT2D eigenvalue weighted by Gasteiger charge is -2.32. The van der Waals surface area contributed by atoms with E-state index in [1.54, 1.807) is 12.1 Å². The predicted molar refractivity (Wildman–Crippen MR) is 67.7 cm³/mol. The maximum atomic E-state index is 12.6. The van der Waals surface area contributed by atoms with Crippen molar-refractivity contribution >= 4 is 0 Å². The van der Waals surface area contributed by atoms with Crippen molar-refractivity contribution in [2.75, 3.05) is 13.1 Å². The number of alkyl halides is 3. The van der Waals surface area contributed by atoms with Crippen molar-refractivity contribution in [3.63, 3.8) is 0 Å². The fourth-order valence-electron chi connectivity index (χ4n) is 3.50. The Bertz CT molecular complexity index is 503. The Hall–Kier alpha value is -1.29. The lowest BCUT2D eigenvalue weighted by atomic mass is 9.84. The molecule has 102 valence electrons. The summed E-state index contributed by atoms with van der Waals surface area (Å²) in [5.41, 5.74) is 1.51. The van der Waals surface area contributed by atoms with Gasteiger partial charge in [0.15, 0.2) is 0 Å². The molecule has 0 spiro atoms. The number of rotatable bonds is 1. The van der Waals surface area contributed by atoms with Gasteiger partial charge in [-0.2, -0.15) is 13.2 Å². The highest BCUT2D eigenvalue weighted by atomic mass is 19.4. The summed E-state index contributed by atoms with van der Waals surface area (Å²) in [6.07, 6.45) is -1.27. The average Bonchev–Trinajstić information content (AvgIpc) is 2.84. The Labute approximate surface area is 110 Å². The zero-order valence-electron chi connectivity index (χ0n) is 10.6.